The molecule has 1 aliphatic carbocycles. The Morgan fingerprint density at radius 3 is 2.78 bits per heavy atom. The minimum Gasteiger partial charge on any atom is -0.327 e. The maximum atomic E-state index is 11.0. The molecule has 5 heteroatoms. The number of nitrogens with zero attached hydrogens (tertiary/aromatic N) is 1. The first-order valence-corrected chi connectivity index (χ1v) is 6.64. The van der Waals surface area contributed by atoms with Crippen LogP contribution in [0.25, 0.3) is 0 Å². The third-order valence-electron chi connectivity index (χ3n) is 3.69. The average Bonchev–Trinajstić information content (AvgIpc) is 2.34. The van der Waals surface area contributed by atoms with Crippen LogP contribution in [0.5, 0.6) is 0 Å². The van der Waals surface area contributed by atoms with Gasteiger partial charge >= 0.3 is 0 Å². The molecule has 0 amide bonds. The third-order valence-corrected chi connectivity index (χ3v) is 3.93. The van der Waals surface area contributed by atoms with Crippen molar-refractivity contribution in [3.05, 3.63) is 38.9 Å². The molecule has 1 aromatic rings. The van der Waals surface area contributed by atoms with Gasteiger partial charge in [0.25, 0.3) is 5.69 Å². The molecule has 2 rings (SSSR count). The predicted octanol–water partition coefficient (Wildman–Crippen LogP) is 3.31. The standard InChI is InChI=1S/C13H17ClN2O2/c14-11-6-5-10(13(8-11)16(17)18)7-9-3-1-2-4-12(9)15/h5-6,8-9,12H,1-4,7,15H2. The third kappa shape index (κ3) is 3.00. The van der Waals surface area contributed by atoms with E-state index in [0.717, 1.165) is 18.4 Å². The van der Waals surface area contributed by atoms with Gasteiger partial charge in [0.15, 0.2) is 0 Å². The highest BCUT2D eigenvalue weighted by Gasteiger charge is 2.25. The van der Waals surface area contributed by atoms with Crippen LogP contribution >= 0.6 is 11.6 Å². The van der Waals surface area contributed by atoms with E-state index in [1.807, 2.05) is 0 Å². The number of rotatable bonds is 3. The Morgan fingerprint density at radius 1 is 1.39 bits per heavy atom. The summed E-state index contributed by atoms with van der Waals surface area (Å²) in [5.74, 6) is 0.346. The maximum Gasteiger partial charge on any atom is 0.274 e. The Bertz CT molecular complexity index is 451. The molecule has 1 fully saturated rings. The van der Waals surface area contributed by atoms with Gasteiger partial charge in [-0.3, -0.25) is 10.1 Å². The number of nitro groups is 1. The first-order chi connectivity index (χ1) is 8.58. The van der Waals surface area contributed by atoms with Gasteiger partial charge in [0.05, 0.1) is 4.92 Å². The average molecular weight is 269 g/mol. The Hall–Kier alpha value is -1.13. The molecule has 2 unspecified atom stereocenters. The van der Waals surface area contributed by atoms with E-state index in [0.29, 0.717) is 17.4 Å². The number of nitro benzene ring substituents is 1. The largest absolute Gasteiger partial charge is 0.327 e. The monoisotopic (exact) mass is 268 g/mol. The summed E-state index contributed by atoms with van der Waals surface area (Å²) in [5, 5.41) is 11.4. The van der Waals surface area contributed by atoms with Crippen LogP contribution in [0.15, 0.2) is 18.2 Å². The Labute approximate surface area is 111 Å². The first kappa shape index (κ1) is 13.3. The van der Waals surface area contributed by atoms with Crippen molar-refractivity contribution < 1.29 is 4.92 Å². The lowest BCUT2D eigenvalue weighted by atomic mass is 9.81. The fraction of sp³-hybridized carbons (Fsp3) is 0.538. The van der Waals surface area contributed by atoms with E-state index in [2.05, 4.69) is 0 Å². The molecule has 0 bridgehead atoms. The van der Waals surface area contributed by atoms with E-state index in [1.165, 1.54) is 18.9 Å². The minimum absolute atomic E-state index is 0.111. The lowest BCUT2D eigenvalue weighted by Crippen LogP contribution is -2.34. The van der Waals surface area contributed by atoms with Crippen molar-refractivity contribution in [2.24, 2.45) is 11.7 Å². The summed E-state index contributed by atoms with van der Waals surface area (Å²) < 4.78 is 0. The van der Waals surface area contributed by atoms with E-state index < -0.39 is 0 Å². The number of benzene rings is 1. The minimum atomic E-state index is -0.366. The van der Waals surface area contributed by atoms with Gasteiger partial charge in [-0.05, 0) is 31.2 Å². The van der Waals surface area contributed by atoms with Crippen LogP contribution in [-0.4, -0.2) is 11.0 Å². The molecule has 0 radical (unpaired) electrons. The zero-order chi connectivity index (χ0) is 13.1. The Balaban J connectivity index is 2.20. The molecule has 1 saturated carbocycles. The molecule has 0 spiro atoms. The molecule has 98 valence electrons. The molecule has 2 atom stereocenters. The second-order valence-electron chi connectivity index (χ2n) is 4.94. The molecular weight excluding hydrogens is 252 g/mol. The number of nitrogens with two attached hydrogens (primary N) is 1. The fourth-order valence-corrected chi connectivity index (χ4v) is 2.82. The molecule has 0 aliphatic heterocycles. The molecule has 0 heterocycles. The van der Waals surface area contributed by atoms with Crippen molar-refractivity contribution in [1.82, 2.24) is 0 Å². The maximum absolute atomic E-state index is 11.0. The molecule has 18 heavy (non-hydrogen) atoms. The molecule has 0 aromatic heterocycles. The van der Waals surface area contributed by atoms with Crippen LogP contribution in [0.2, 0.25) is 5.02 Å². The SMILES string of the molecule is NC1CCCCC1Cc1ccc(Cl)cc1[N+](=O)[O-]. The van der Waals surface area contributed by atoms with Gasteiger partial charge in [0, 0.05) is 22.7 Å². The zero-order valence-corrected chi connectivity index (χ0v) is 10.9. The van der Waals surface area contributed by atoms with Gasteiger partial charge in [-0.15, -0.1) is 0 Å². The zero-order valence-electron chi connectivity index (χ0n) is 10.1. The Kier molecular flexibility index (Phi) is 4.19. The van der Waals surface area contributed by atoms with Crippen LogP contribution in [-0.2, 0) is 6.42 Å². The molecular formula is C13H17ClN2O2. The summed E-state index contributed by atoms with van der Waals surface area (Å²) in [4.78, 5) is 10.6. The summed E-state index contributed by atoms with van der Waals surface area (Å²) in [7, 11) is 0. The summed E-state index contributed by atoms with van der Waals surface area (Å²) in [6.07, 6.45) is 5.09. The first-order valence-electron chi connectivity index (χ1n) is 6.26. The molecule has 4 nitrogen and oxygen atoms in total. The summed E-state index contributed by atoms with van der Waals surface area (Å²) in [5.41, 5.74) is 6.94. The highest BCUT2D eigenvalue weighted by atomic mass is 35.5. The van der Waals surface area contributed by atoms with Crippen LogP contribution in [0, 0.1) is 16.0 Å². The van der Waals surface area contributed by atoms with Gasteiger partial charge in [-0.2, -0.15) is 0 Å². The Morgan fingerprint density at radius 2 is 2.11 bits per heavy atom. The smallest absolute Gasteiger partial charge is 0.274 e. The molecule has 0 saturated heterocycles. The van der Waals surface area contributed by atoms with Crippen LogP contribution in [0.1, 0.15) is 31.2 Å². The van der Waals surface area contributed by atoms with Crippen LogP contribution < -0.4 is 5.73 Å². The number of hydrogen-bond acceptors (Lipinski definition) is 3. The second-order valence-corrected chi connectivity index (χ2v) is 5.38. The molecule has 2 N–H and O–H groups in total. The van der Waals surface area contributed by atoms with E-state index in [4.69, 9.17) is 17.3 Å². The molecule has 1 aromatic carbocycles. The van der Waals surface area contributed by atoms with Gasteiger partial charge in [-0.25, -0.2) is 0 Å². The van der Waals surface area contributed by atoms with Crippen molar-refractivity contribution in [1.29, 1.82) is 0 Å². The van der Waals surface area contributed by atoms with E-state index >= 15 is 0 Å². The molecule has 1 aliphatic rings. The summed E-state index contributed by atoms with van der Waals surface area (Å²) in [6.45, 7) is 0. The van der Waals surface area contributed by atoms with E-state index in [-0.39, 0.29) is 16.7 Å². The summed E-state index contributed by atoms with van der Waals surface area (Å²) >= 11 is 5.80. The number of hydrogen-bond donors (Lipinski definition) is 1. The van der Waals surface area contributed by atoms with E-state index in [9.17, 15) is 10.1 Å². The normalized spacial score (nSPS) is 23.9. The lowest BCUT2D eigenvalue weighted by Gasteiger charge is -2.28. The van der Waals surface area contributed by atoms with Crippen molar-refractivity contribution in [3.8, 4) is 0 Å². The van der Waals surface area contributed by atoms with Crippen LogP contribution in [0.4, 0.5) is 5.69 Å². The lowest BCUT2D eigenvalue weighted by molar-refractivity contribution is -0.385. The van der Waals surface area contributed by atoms with Crippen molar-refractivity contribution in [2.45, 2.75) is 38.1 Å². The van der Waals surface area contributed by atoms with Crippen molar-refractivity contribution >= 4 is 17.3 Å². The van der Waals surface area contributed by atoms with Gasteiger partial charge in [0.1, 0.15) is 0 Å². The highest BCUT2D eigenvalue weighted by Crippen LogP contribution is 2.31. The predicted molar refractivity (Wildman–Crippen MR) is 71.7 cm³/mol. The van der Waals surface area contributed by atoms with Crippen LogP contribution in [0.3, 0.4) is 0 Å². The van der Waals surface area contributed by atoms with Gasteiger partial charge in [0.2, 0.25) is 0 Å². The number of halogens is 1. The topological polar surface area (TPSA) is 69.2 Å². The highest BCUT2D eigenvalue weighted by molar-refractivity contribution is 6.30. The van der Waals surface area contributed by atoms with Crippen molar-refractivity contribution in [2.75, 3.05) is 0 Å². The van der Waals surface area contributed by atoms with Crippen molar-refractivity contribution in [3.63, 3.8) is 0 Å². The second kappa shape index (κ2) is 5.67. The van der Waals surface area contributed by atoms with Gasteiger partial charge < -0.3 is 5.73 Å². The summed E-state index contributed by atoms with van der Waals surface area (Å²) in [6, 6.07) is 5.04. The van der Waals surface area contributed by atoms with E-state index in [1.54, 1.807) is 12.1 Å². The van der Waals surface area contributed by atoms with Gasteiger partial charge in [-0.1, -0.05) is 30.5 Å². The fourth-order valence-electron chi connectivity index (χ4n) is 2.65. The quantitative estimate of drug-likeness (QED) is 0.675.